The Morgan fingerprint density at radius 3 is 2.60 bits per heavy atom. The van der Waals surface area contributed by atoms with Crippen LogP contribution in [0, 0.1) is 0 Å². The SMILES string of the molecule is CC(C)Sc1cccc(Cl)c1C1(O)CC1. The fourth-order valence-corrected chi connectivity index (χ4v) is 3.17. The zero-order chi connectivity index (χ0) is 11.1. The molecule has 0 atom stereocenters. The largest absolute Gasteiger partial charge is 0.385 e. The number of halogens is 1. The molecule has 1 aliphatic carbocycles. The standard InChI is InChI=1S/C12H15ClOS/c1-8(2)15-10-5-3-4-9(13)11(10)12(14)6-7-12/h3-5,8,14H,6-7H2,1-2H3. The van der Waals surface area contributed by atoms with Gasteiger partial charge in [0.15, 0.2) is 0 Å². The summed E-state index contributed by atoms with van der Waals surface area (Å²) in [5, 5.41) is 11.4. The lowest BCUT2D eigenvalue weighted by Crippen LogP contribution is -2.07. The highest BCUT2D eigenvalue weighted by Gasteiger charge is 2.45. The molecule has 1 aromatic carbocycles. The molecule has 1 aromatic rings. The van der Waals surface area contributed by atoms with Crippen molar-refractivity contribution in [2.24, 2.45) is 0 Å². The summed E-state index contributed by atoms with van der Waals surface area (Å²) in [7, 11) is 0. The minimum absolute atomic E-state index is 0.504. The quantitative estimate of drug-likeness (QED) is 0.814. The summed E-state index contributed by atoms with van der Waals surface area (Å²) in [6, 6.07) is 5.85. The lowest BCUT2D eigenvalue weighted by atomic mass is 10.1. The van der Waals surface area contributed by atoms with E-state index in [2.05, 4.69) is 13.8 Å². The first kappa shape index (κ1) is 11.3. The van der Waals surface area contributed by atoms with E-state index in [0.717, 1.165) is 23.3 Å². The molecule has 0 spiro atoms. The summed E-state index contributed by atoms with van der Waals surface area (Å²) in [5.41, 5.74) is 0.292. The van der Waals surface area contributed by atoms with Crippen LogP contribution in [0.4, 0.5) is 0 Å². The van der Waals surface area contributed by atoms with Gasteiger partial charge in [-0.1, -0.05) is 31.5 Å². The summed E-state index contributed by atoms with van der Waals surface area (Å²) in [6.45, 7) is 4.29. The van der Waals surface area contributed by atoms with Crippen LogP contribution in [-0.2, 0) is 5.60 Å². The van der Waals surface area contributed by atoms with E-state index in [1.807, 2.05) is 18.2 Å². The molecule has 0 aliphatic heterocycles. The van der Waals surface area contributed by atoms with Gasteiger partial charge in [-0.05, 0) is 25.0 Å². The van der Waals surface area contributed by atoms with Gasteiger partial charge in [0.05, 0.1) is 5.60 Å². The van der Waals surface area contributed by atoms with Gasteiger partial charge in [-0.25, -0.2) is 0 Å². The fraction of sp³-hybridized carbons (Fsp3) is 0.500. The first-order valence-electron chi connectivity index (χ1n) is 5.21. The highest BCUT2D eigenvalue weighted by atomic mass is 35.5. The maximum Gasteiger partial charge on any atom is 0.0924 e. The monoisotopic (exact) mass is 242 g/mol. The van der Waals surface area contributed by atoms with Crippen LogP contribution in [0.15, 0.2) is 23.1 Å². The summed E-state index contributed by atoms with van der Waals surface area (Å²) in [5.74, 6) is 0. The average Bonchev–Trinajstić information content (AvgIpc) is 2.83. The van der Waals surface area contributed by atoms with Gasteiger partial charge in [0.25, 0.3) is 0 Å². The van der Waals surface area contributed by atoms with Crippen LogP contribution in [0.2, 0.25) is 5.02 Å². The molecule has 0 bridgehead atoms. The molecule has 0 aromatic heterocycles. The third kappa shape index (κ3) is 2.32. The summed E-state index contributed by atoms with van der Waals surface area (Å²) < 4.78 is 0. The van der Waals surface area contributed by atoms with Gasteiger partial charge in [-0.15, -0.1) is 11.8 Å². The summed E-state index contributed by atoms with van der Waals surface area (Å²) in [4.78, 5) is 1.12. The average molecular weight is 243 g/mol. The molecule has 0 amide bonds. The number of rotatable bonds is 3. The second kappa shape index (κ2) is 4.00. The van der Waals surface area contributed by atoms with E-state index in [9.17, 15) is 5.11 Å². The van der Waals surface area contributed by atoms with E-state index < -0.39 is 5.60 Å². The molecule has 0 heterocycles. The van der Waals surface area contributed by atoms with Gasteiger partial charge in [-0.3, -0.25) is 0 Å². The Kier molecular flexibility index (Phi) is 3.02. The first-order chi connectivity index (χ1) is 7.03. The van der Waals surface area contributed by atoms with Crippen LogP contribution in [0.3, 0.4) is 0 Å². The Hall–Kier alpha value is -0.180. The molecule has 82 valence electrons. The van der Waals surface area contributed by atoms with E-state index in [4.69, 9.17) is 11.6 Å². The van der Waals surface area contributed by atoms with Crippen molar-refractivity contribution >= 4 is 23.4 Å². The Morgan fingerprint density at radius 1 is 1.40 bits per heavy atom. The van der Waals surface area contributed by atoms with Gasteiger partial charge in [0.2, 0.25) is 0 Å². The molecule has 3 heteroatoms. The molecular weight excluding hydrogens is 228 g/mol. The minimum Gasteiger partial charge on any atom is -0.385 e. The van der Waals surface area contributed by atoms with E-state index in [1.165, 1.54) is 0 Å². The molecule has 1 saturated carbocycles. The molecule has 0 unspecified atom stereocenters. The molecule has 15 heavy (non-hydrogen) atoms. The molecule has 1 aliphatic rings. The smallest absolute Gasteiger partial charge is 0.0924 e. The van der Waals surface area contributed by atoms with Crippen molar-refractivity contribution in [3.8, 4) is 0 Å². The highest BCUT2D eigenvalue weighted by Crippen LogP contribution is 2.51. The number of thioether (sulfide) groups is 1. The second-order valence-corrected chi connectivity index (χ2v) is 6.34. The Bertz CT molecular complexity index is 372. The highest BCUT2D eigenvalue weighted by molar-refractivity contribution is 8.00. The Labute approximate surface area is 99.8 Å². The van der Waals surface area contributed by atoms with Crippen LogP contribution in [0.1, 0.15) is 32.3 Å². The second-order valence-electron chi connectivity index (χ2n) is 4.31. The van der Waals surface area contributed by atoms with Gasteiger partial charge < -0.3 is 5.11 Å². The van der Waals surface area contributed by atoms with Crippen LogP contribution >= 0.6 is 23.4 Å². The number of hydrogen-bond donors (Lipinski definition) is 1. The molecule has 1 fully saturated rings. The first-order valence-corrected chi connectivity index (χ1v) is 6.47. The summed E-state index contributed by atoms with van der Waals surface area (Å²) in [6.07, 6.45) is 1.67. The predicted octanol–water partition coefficient (Wildman–Crippen LogP) is 3.82. The van der Waals surface area contributed by atoms with Crippen molar-refractivity contribution in [3.63, 3.8) is 0 Å². The lowest BCUT2D eigenvalue weighted by Gasteiger charge is -2.16. The van der Waals surface area contributed by atoms with E-state index in [-0.39, 0.29) is 0 Å². The molecule has 1 N–H and O–H groups in total. The lowest BCUT2D eigenvalue weighted by molar-refractivity contribution is 0.148. The third-order valence-electron chi connectivity index (χ3n) is 2.53. The molecule has 0 radical (unpaired) electrons. The number of hydrogen-bond acceptors (Lipinski definition) is 2. The Balaban J connectivity index is 2.40. The van der Waals surface area contributed by atoms with Crippen molar-refractivity contribution in [1.29, 1.82) is 0 Å². The zero-order valence-electron chi connectivity index (χ0n) is 8.96. The molecule has 2 rings (SSSR count). The van der Waals surface area contributed by atoms with Gasteiger partial charge in [-0.2, -0.15) is 0 Å². The van der Waals surface area contributed by atoms with E-state index >= 15 is 0 Å². The van der Waals surface area contributed by atoms with Gasteiger partial charge in [0.1, 0.15) is 0 Å². The maximum absolute atomic E-state index is 10.2. The van der Waals surface area contributed by atoms with Crippen molar-refractivity contribution < 1.29 is 5.11 Å². The minimum atomic E-state index is -0.643. The van der Waals surface area contributed by atoms with Crippen molar-refractivity contribution in [2.45, 2.75) is 42.4 Å². The van der Waals surface area contributed by atoms with E-state index in [1.54, 1.807) is 11.8 Å². The summed E-state index contributed by atoms with van der Waals surface area (Å²) >= 11 is 7.93. The number of benzene rings is 1. The van der Waals surface area contributed by atoms with Crippen molar-refractivity contribution in [3.05, 3.63) is 28.8 Å². The number of aliphatic hydroxyl groups is 1. The van der Waals surface area contributed by atoms with Crippen LogP contribution in [0.5, 0.6) is 0 Å². The van der Waals surface area contributed by atoms with Crippen LogP contribution in [0.25, 0.3) is 0 Å². The topological polar surface area (TPSA) is 20.2 Å². The maximum atomic E-state index is 10.2. The van der Waals surface area contributed by atoms with Crippen LogP contribution < -0.4 is 0 Å². The van der Waals surface area contributed by atoms with Crippen molar-refractivity contribution in [1.82, 2.24) is 0 Å². The Morgan fingerprint density at radius 2 is 2.07 bits per heavy atom. The van der Waals surface area contributed by atoms with Crippen LogP contribution in [-0.4, -0.2) is 10.4 Å². The fourth-order valence-electron chi connectivity index (χ4n) is 1.68. The molecule has 0 saturated heterocycles. The van der Waals surface area contributed by atoms with Gasteiger partial charge in [0, 0.05) is 20.7 Å². The molecular formula is C12H15ClOS. The van der Waals surface area contributed by atoms with Gasteiger partial charge >= 0.3 is 0 Å². The van der Waals surface area contributed by atoms with Crippen molar-refractivity contribution in [2.75, 3.05) is 0 Å². The normalized spacial score (nSPS) is 18.2. The third-order valence-corrected chi connectivity index (χ3v) is 3.91. The predicted molar refractivity (Wildman–Crippen MR) is 65.6 cm³/mol. The van der Waals surface area contributed by atoms with E-state index in [0.29, 0.717) is 10.3 Å². The molecule has 1 nitrogen and oxygen atoms in total. The zero-order valence-corrected chi connectivity index (χ0v) is 10.5.